The highest BCUT2D eigenvalue weighted by molar-refractivity contribution is 5.91. The number of terminal acetylenes is 1. The number of ether oxygens (including phenoxy) is 2. The Morgan fingerprint density at radius 1 is 1.03 bits per heavy atom. The lowest BCUT2D eigenvalue weighted by Gasteiger charge is -2.32. The van der Waals surface area contributed by atoms with E-state index in [0.717, 1.165) is 19.3 Å². The minimum Gasteiger partial charge on any atom is -0.468 e. The van der Waals surface area contributed by atoms with Crippen LogP contribution in [0.25, 0.3) is 0 Å². The first-order valence-corrected chi connectivity index (χ1v) is 11.7. The van der Waals surface area contributed by atoms with Gasteiger partial charge in [-0.3, -0.25) is 14.4 Å². The largest absolute Gasteiger partial charge is 0.468 e. The SMILES string of the molecule is C#Cc1ccc(C(C(=O)NCC(=O)OC)N(CCCCCC)C(=O)CNC(=O)OC(C)(C)C)cc1. The maximum Gasteiger partial charge on any atom is 0.408 e. The molecule has 0 fully saturated rings. The fourth-order valence-electron chi connectivity index (χ4n) is 3.23. The predicted molar refractivity (Wildman–Crippen MR) is 132 cm³/mol. The van der Waals surface area contributed by atoms with Gasteiger partial charge in [-0.25, -0.2) is 4.79 Å². The van der Waals surface area contributed by atoms with E-state index in [1.165, 1.54) is 12.0 Å². The first-order chi connectivity index (χ1) is 16.5. The van der Waals surface area contributed by atoms with Crippen LogP contribution in [0.4, 0.5) is 4.79 Å². The van der Waals surface area contributed by atoms with E-state index in [2.05, 4.69) is 28.2 Å². The number of hydrogen-bond donors (Lipinski definition) is 2. The molecule has 0 radical (unpaired) electrons. The second kappa shape index (κ2) is 14.7. The Labute approximate surface area is 207 Å². The molecule has 9 nitrogen and oxygen atoms in total. The normalized spacial score (nSPS) is 11.5. The van der Waals surface area contributed by atoms with Crippen molar-refractivity contribution in [1.29, 1.82) is 0 Å². The van der Waals surface area contributed by atoms with Crippen molar-refractivity contribution in [2.24, 2.45) is 0 Å². The molecule has 35 heavy (non-hydrogen) atoms. The van der Waals surface area contributed by atoms with E-state index in [-0.39, 0.29) is 19.6 Å². The molecule has 2 N–H and O–H groups in total. The van der Waals surface area contributed by atoms with Gasteiger partial charge in [-0.05, 0) is 44.9 Å². The molecule has 0 saturated carbocycles. The predicted octanol–water partition coefficient (Wildman–Crippen LogP) is 2.93. The molecule has 0 aliphatic carbocycles. The van der Waals surface area contributed by atoms with Crippen LogP contribution in [0.3, 0.4) is 0 Å². The molecule has 0 bridgehead atoms. The van der Waals surface area contributed by atoms with Gasteiger partial charge in [0.15, 0.2) is 0 Å². The zero-order valence-electron chi connectivity index (χ0n) is 21.3. The fraction of sp³-hybridized carbons (Fsp3) is 0.538. The molecule has 1 unspecified atom stereocenters. The van der Waals surface area contributed by atoms with Crippen molar-refractivity contribution in [3.05, 3.63) is 35.4 Å². The highest BCUT2D eigenvalue weighted by atomic mass is 16.6. The standard InChI is InChI=1S/C26H37N3O6/c1-7-9-10-11-16-29(21(30)17-28-25(33)35-26(3,4)5)23(24(32)27-18-22(31)34-6)20-14-12-19(8-2)13-15-20/h2,12-15,23H,7,9-11,16-18H2,1,3-6H3,(H,27,32)(H,28,33). The summed E-state index contributed by atoms with van der Waals surface area (Å²) in [5.41, 5.74) is 0.421. The van der Waals surface area contributed by atoms with E-state index in [1.54, 1.807) is 45.0 Å². The smallest absolute Gasteiger partial charge is 0.408 e. The Kier molecular flexibility index (Phi) is 12.4. The van der Waals surface area contributed by atoms with Crippen molar-refractivity contribution in [2.75, 3.05) is 26.7 Å². The number of carbonyl (C=O) groups is 4. The highest BCUT2D eigenvalue weighted by Crippen LogP contribution is 2.23. The molecular formula is C26H37N3O6. The zero-order chi connectivity index (χ0) is 26.4. The zero-order valence-corrected chi connectivity index (χ0v) is 21.3. The number of amides is 3. The molecule has 0 aliphatic rings. The van der Waals surface area contributed by atoms with E-state index in [9.17, 15) is 19.2 Å². The number of alkyl carbamates (subject to hydrolysis) is 1. The van der Waals surface area contributed by atoms with E-state index in [4.69, 9.17) is 11.2 Å². The van der Waals surface area contributed by atoms with Gasteiger partial charge >= 0.3 is 12.1 Å². The van der Waals surface area contributed by atoms with Crippen LogP contribution in [0, 0.1) is 12.3 Å². The molecule has 0 aromatic heterocycles. The Morgan fingerprint density at radius 3 is 2.23 bits per heavy atom. The summed E-state index contributed by atoms with van der Waals surface area (Å²) in [5, 5.41) is 4.99. The Balaban J connectivity index is 3.22. The van der Waals surface area contributed by atoms with Crippen molar-refractivity contribution in [3.8, 4) is 12.3 Å². The maximum atomic E-state index is 13.3. The van der Waals surface area contributed by atoms with Gasteiger partial charge in [0.05, 0.1) is 7.11 Å². The molecule has 192 valence electrons. The summed E-state index contributed by atoms with van der Waals surface area (Å²) in [6.45, 7) is 6.81. The second-order valence-corrected chi connectivity index (χ2v) is 8.97. The van der Waals surface area contributed by atoms with E-state index in [0.29, 0.717) is 17.5 Å². The molecule has 1 aromatic rings. The number of esters is 1. The van der Waals surface area contributed by atoms with Gasteiger partial charge in [-0.2, -0.15) is 0 Å². The Morgan fingerprint density at radius 2 is 1.69 bits per heavy atom. The molecule has 1 rings (SSSR count). The van der Waals surface area contributed by atoms with Crippen LogP contribution in [-0.2, 0) is 23.9 Å². The molecule has 9 heteroatoms. The highest BCUT2D eigenvalue weighted by Gasteiger charge is 2.32. The van der Waals surface area contributed by atoms with Crippen molar-refractivity contribution >= 4 is 23.9 Å². The summed E-state index contributed by atoms with van der Waals surface area (Å²) >= 11 is 0. The first kappa shape index (κ1) is 29.5. The third-order valence-corrected chi connectivity index (χ3v) is 4.94. The van der Waals surface area contributed by atoms with Crippen LogP contribution in [0.2, 0.25) is 0 Å². The Bertz CT molecular complexity index is 899. The molecule has 1 aromatic carbocycles. The van der Waals surface area contributed by atoms with Gasteiger partial charge in [-0.1, -0.05) is 44.2 Å². The third kappa shape index (κ3) is 11.0. The van der Waals surface area contributed by atoms with E-state index in [1.807, 2.05) is 0 Å². The van der Waals surface area contributed by atoms with Crippen LogP contribution < -0.4 is 10.6 Å². The fourth-order valence-corrected chi connectivity index (χ4v) is 3.23. The molecule has 0 saturated heterocycles. The van der Waals surface area contributed by atoms with Crippen LogP contribution in [-0.4, -0.2) is 61.1 Å². The monoisotopic (exact) mass is 487 g/mol. The second-order valence-electron chi connectivity index (χ2n) is 8.97. The average Bonchev–Trinajstić information content (AvgIpc) is 2.81. The van der Waals surface area contributed by atoms with E-state index < -0.39 is 35.5 Å². The summed E-state index contributed by atoms with van der Waals surface area (Å²) in [4.78, 5) is 51.6. The van der Waals surface area contributed by atoms with Crippen molar-refractivity contribution in [2.45, 2.75) is 65.0 Å². The number of carbonyl (C=O) groups excluding carboxylic acids is 4. The molecule has 0 spiro atoms. The topological polar surface area (TPSA) is 114 Å². The van der Waals surface area contributed by atoms with Crippen LogP contribution in [0.15, 0.2) is 24.3 Å². The summed E-state index contributed by atoms with van der Waals surface area (Å²) in [6, 6.07) is 5.65. The van der Waals surface area contributed by atoms with Crippen molar-refractivity contribution < 1.29 is 28.7 Å². The maximum absolute atomic E-state index is 13.3. The number of rotatable bonds is 12. The number of nitrogens with one attached hydrogen (secondary N) is 2. The van der Waals surface area contributed by atoms with Gasteiger partial charge in [-0.15, -0.1) is 6.42 Å². The number of methoxy groups -OCH3 is 1. The molecule has 0 aliphatic heterocycles. The number of unbranched alkanes of at least 4 members (excludes halogenated alkanes) is 3. The quantitative estimate of drug-likeness (QED) is 0.266. The molecular weight excluding hydrogens is 450 g/mol. The minimum absolute atomic E-state index is 0.280. The van der Waals surface area contributed by atoms with Gasteiger partial charge < -0.3 is 25.0 Å². The molecule has 0 heterocycles. The summed E-state index contributed by atoms with van der Waals surface area (Å²) in [7, 11) is 1.22. The van der Waals surface area contributed by atoms with Gasteiger partial charge in [0, 0.05) is 12.1 Å². The lowest BCUT2D eigenvalue weighted by molar-refractivity contribution is -0.143. The summed E-state index contributed by atoms with van der Waals surface area (Å²) in [5.74, 6) is 0.883. The van der Waals surface area contributed by atoms with E-state index >= 15 is 0 Å². The first-order valence-electron chi connectivity index (χ1n) is 11.7. The van der Waals surface area contributed by atoms with Gasteiger partial charge in [0.2, 0.25) is 11.8 Å². The third-order valence-electron chi connectivity index (χ3n) is 4.94. The summed E-state index contributed by atoms with van der Waals surface area (Å²) in [6.07, 6.45) is 8.23. The lowest BCUT2D eigenvalue weighted by Crippen LogP contribution is -2.48. The average molecular weight is 488 g/mol. The Hall–Kier alpha value is -3.54. The van der Waals surface area contributed by atoms with Gasteiger partial charge in [0.1, 0.15) is 24.7 Å². The van der Waals surface area contributed by atoms with Crippen LogP contribution in [0.5, 0.6) is 0 Å². The van der Waals surface area contributed by atoms with Crippen molar-refractivity contribution in [3.63, 3.8) is 0 Å². The minimum atomic E-state index is -1.04. The molecule has 1 atom stereocenters. The van der Waals surface area contributed by atoms with Crippen LogP contribution >= 0.6 is 0 Å². The van der Waals surface area contributed by atoms with Crippen LogP contribution in [0.1, 0.15) is 70.5 Å². The van der Waals surface area contributed by atoms with Gasteiger partial charge in [0.25, 0.3) is 0 Å². The summed E-state index contributed by atoms with van der Waals surface area (Å²) < 4.78 is 9.81. The van der Waals surface area contributed by atoms with Crippen molar-refractivity contribution in [1.82, 2.24) is 15.5 Å². The lowest BCUT2D eigenvalue weighted by atomic mass is 10.0. The number of benzene rings is 1. The molecule has 3 amide bonds. The number of hydrogen-bond acceptors (Lipinski definition) is 6. The number of nitrogens with zero attached hydrogens (tertiary/aromatic N) is 1.